The van der Waals surface area contributed by atoms with Gasteiger partial charge in [-0.1, -0.05) is 17.7 Å². The molecule has 0 bridgehead atoms. The summed E-state index contributed by atoms with van der Waals surface area (Å²) in [6.45, 7) is 1.81. The summed E-state index contributed by atoms with van der Waals surface area (Å²) in [6.07, 6.45) is -0.0394. The molecular weight excluding hydrogens is 350 g/mol. The molecule has 3 rings (SSSR count). The number of amides is 2. The molecule has 0 aliphatic carbocycles. The molecule has 130 valence electrons. The van der Waals surface area contributed by atoms with Crippen molar-refractivity contribution in [2.24, 2.45) is 5.92 Å². The number of carbonyl (C=O) groups excluding carboxylic acids is 2. The highest BCUT2D eigenvalue weighted by molar-refractivity contribution is 6.31. The molecule has 2 amide bonds. The van der Waals surface area contributed by atoms with Crippen molar-refractivity contribution in [3.8, 4) is 0 Å². The van der Waals surface area contributed by atoms with Crippen LogP contribution in [0.25, 0.3) is 0 Å². The van der Waals surface area contributed by atoms with E-state index in [2.05, 4.69) is 5.32 Å². The minimum atomic E-state index is -0.833. The van der Waals surface area contributed by atoms with E-state index >= 15 is 0 Å². The third-order valence-electron chi connectivity index (χ3n) is 4.22. The van der Waals surface area contributed by atoms with Crippen molar-refractivity contribution in [1.82, 2.24) is 0 Å². The maximum atomic E-state index is 13.9. The fourth-order valence-corrected chi connectivity index (χ4v) is 2.97. The predicted octanol–water partition coefficient (Wildman–Crippen LogP) is 3.92. The van der Waals surface area contributed by atoms with Gasteiger partial charge in [-0.05, 0) is 36.8 Å². The summed E-state index contributed by atoms with van der Waals surface area (Å²) in [5, 5.41) is 3.28. The molecule has 1 heterocycles. The van der Waals surface area contributed by atoms with E-state index in [4.69, 9.17) is 11.6 Å². The van der Waals surface area contributed by atoms with Crippen molar-refractivity contribution < 1.29 is 18.4 Å². The average Bonchev–Trinajstić information content (AvgIpc) is 2.94. The van der Waals surface area contributed by atoms with Crippen molar-refractivity contribution in [2.45, 2.75) is 13.3 Å². The molecular formula is C18H15ClF2N2O2. The molecule has 2 aromatic rings. The molecule has 0 aromatic heterocycles. The minimum absolute atomic E-state index is 0.0272. The Kier molecular flexibility index (Phi) is 4.72. The van der Waals surface area contributed by atoms with Gasteiger partial charge < -0.3 is 10.2 Å². The lowest BCUT2D eigenvalue weighted by atomic mass is 10.1. The van der Waals surface area contributed by atoms with Gasteiger partial charge in [-0.25, -0.2) is 8.78 Å². The topological polar surface area (TPSA) is 49.4 Å². The Hall–Kier alpha value is -2.47. The Morgan fingerprint density at radius 2 is 2.04 bits per heavy atom. The quantitative estimate of drug-likeness (QED) is 0.897. The van der Waals surface area contributed by atoms with Crippen LogP contribution in [0, 0.1) is 24.5 Å². The van der Waals surface area contributed by atoms with E-state index in [-0.39, 0.29) is 30.5 Å². The van der Waals surface area contributed by atoms with Gasteiger partial charge >= 0.3 is 0 Å². The number of hydrogen-bond donors (Lipinski definition) is 1. The van der Waals surface area contributed by atoms with Crippen molar-refractivity contribution in [2.75, 3.05) is 16.8 Å². The number of rotatable bonds is 3. The van der Waals surface area contributed by atoms with Crippen LogP contribution in [0.2, 0.25) is 5.02 Å². The fourth-order valence-electron chi connectivity index (χ4n) is 2.79. The first-order valence-electron chi connectivity index (χ1n) is 7.68. The minimum Gasteiger partial charge on any atom is -0.325 e. The molecule has 0 spiro atoms. The molecule has 2 aromatic carbocycles. The zero-order chi connectivity index (χ0) is 18.1. The summed E-state index contributed by atoms with van der Waals surface area (Å²) < 4.78 is 26.9. The average molecular weight is 365 g/mol. The van der Waals surface area contributed by atoms with E-state index in [1.165, 1.54) is 11.0 Å². The predicted molar refractivity (Wildman–Crippen MR) is 91.6 cm³/mol. The van der Waals surface area contributed by atoms with Crippen LogP contribution in [0.1, 0.15) is 12.0 Å². The van der Waals surface area contributed by atoms with Crippen LogP contribution in [0.5, 0.6) is 0 Å². The molecule has 1 fully saturated rings. The molecule has 25 heavy (non-hydrogen) atoms. The summed E-state index contributed by atoms with van der Waals surface area (Å²) >= 11 is 6.03. The second kappa shape index (κ2) is 6.80. The largest absolute Gasteiger partial charge is 0.325 e. The molecule has 1 unspecified atom stereocenters. The number of anilines is 2. The zero-order valence-electron chi connectivity index (χ0n) is 13.4. The molecule has 0 saturated carbocycles. The maximum Gasteiger partial charge on any atom is 0.229 e. The number of benzene rings is 2. The molecule has 1 atom stereocenters. The summed E-state index contributed by atoms with van der Waals surface area (Å²) in [6, 6.07) is 8.13. The first-order chi connectivity index (χ1) is 11.9. The monoisotopic (exact) mass is 364 g/mol. The van der Waals surface area contributed by atoms with Gasteiger partial charge in [0.1, 0.15) is 11.6 Å². The van der Waals surface area contributed by atoms with E-state index < -0.39 is 17.6 Å². The molecule has 4 nitrogen and oxygen atoms in total. The lowest BCUT2D eigenvalue weighted by Gasteiger charge is -2.17. The first-order valence-corrected chi connectivity index (χ1v) is 8.06. The summed E-state index contributed by atoms with van der Waals surface area (Å²) in [7, 11) is 0. The van der Waals surface area contributed by atoms with Gasteiger partial charge in [0.25, 0.3) is 0 Å². The Morgan fingerprint density at radius 1 is 1.28 bits per heavy atom. The van der Waals surface area contributed by atoms with Gasteiger partial charge in [0.05, 0.1) is 11.6 Å². The van der Waals surface area contributed by atoms with E-state index in [0.717, 1.165) is 11.6 Å². The van der Waals surface area contributed by atoms with Crippen molar-refractivity contribution in [3.05, 3.63) is 58.6 Å². The number of carbonyl (C=O) groups is 2. The number of nitrogens with zero attached hydrogens (tertiary/aromatic N) is 1. The third-order valence-corrected chi connectivity index (χ3v) is 4.63. The highest BCUT2D eigenvalue weighted by Gasteiger charge is 2.36. The molecule has 1 aliphatic heterocycles. The summed E-state index contributed by atoms with van der Waals surface area (Å²) in [4.78, 5) is 25.8. The third kappa shape index (κ3) is 3.49. The SMILES string of the molecule is Cc1c(Cl)cccc1NC(=O)C1CC(=O)N(c2ccc(F)cc2F)C1. The molecule has 1 N–H and O–H groups in total. The van der Waals surface area contributed by atoms with E-state index in [1.807, 2.05) is 0 Å². The fraction of sp³-hybridized carbons (Fsp3) is 0.222. The zero-order valence-corrected chi connectivity index (χ0v) is 14.1. The molecule has 1 aliphatic rings. The van der Waals surface area contributed by atoms with Crippen molar-refractivity contribution in [1.29, 1.82) is 0 Å². The van der Waals surface area contributed by atoms with Crippen molar-refractivity contribution >= 4 is 34.8 Å². The normalized spacial score (nSPS) is 17.0. The van der Waals surface area contributed by atoms with Crippen LogP contribution in [0.4, 0.5) is 20.2 Å². The van der Waals surface area contributed by atoms with Crippen LogP contribution >= 0.6 is 11.6 Å². The van der Waals surface area contributed by atoms with Crippen LogP contribution in [-0.2, 0) is 9.59 Å². The highest BCUT2D eigenvalue weighted by Crippen LogP contribution is 2.29. The Labute approximate surface area is 148 Å². The number of hydrogen-bond acceptors (Lipinski definition) is 2. The van der Waals surface area contributed by atoms with Gasteiger partial charge in [-0.15, -0.1) is 0 Å². The van der Waals surface area contributed by atoms with Gasteiger partial charge in [-0.3, -0.25) is 9.59 Å². The van der Waals surface area contributed by atoms with Crippen LogP contribution in [-0.4, -0.2) is 18.4 Å². The molecule has 1 saturated heterocycles. The van der Waals surface area contributed by atoms with Gasteiger partial charge in [0.2, 0.25) is 11.8 Å². The second-order valence-corrected chi connectivity index (χ2v) is 6.31. The van der Waals surface area contributed by atoms with Crippen LogP contribution in [0.3, 0.4) is 0 Å². The summed E-state index contributed by atoms with van der Waals surface area (Å²) in [5.74, 6) is -2.91. The smallest absolute Gasteiger partial charge is 0.229 e. The lowest BCUT2D eigenvalue weighted by Crippen LogP contribution is -2.28. The lowest BCUT2D eigenvalue weighted by molar-refractivity contribution is -0.122. The van der Waals surface area contributed by atoms with E-state index in [1.54, 1.807) is 25.1 Å². The maximum absolute atomic E-state index is 13.9. The first kappa shape index (κ1) is 17.4. The van der Waals surface area contributed by atoms with Crippen molar-refractivity contribution in [3.63, 3.8) is 0 Å². The Balaban J connectivity index is 1.75. The number of nitrogens with one attached hydrogen (secondary N) is 1. The van der Waals surface area contributed by atoms with Gasteiger partial charge in [0.15, 0.2) is 0 Å². The summed E-state index contributed by atoms with van der Waals surface area (Å²) in [5.41, 5.74) is 1.26. The second-order valence-electron chi connectivity index (χ2n) is 5.90. The highest BCUT2D eigenvalue weighted by atomic mass is 35.5. The molecule has 7 heteroatoms. The number of halogens is 3. The van der Waals surface area contributed by atoms with Gasteiger partial charge in [0, 0.05) is 29.7 Å². The van der Waals surface area contributed by atoms with E-state index in [9.17, 15) is 18.4 Å². The van der Waals surface area contributed by atoms with Crippen LogP contribution in [0.15, 0.2) is 36.4 Å². The molecule has 0 radical (unpaired) electrons. The van der Waals surface area contributed by atoms with Gasteiger partial charge in [-0.2, -0.15) is 0 Å². The standard InChI is InChI=1S/C18H15ClF2N2O2/c1-10-13(19)3-2-4-15(10)22-18(25)11-7-17(24)23(9-11)16-6-5-12(20)8-14(16)21/h2-6,8,11H,7,9H2,1H3,(H,22,25). The Bertz CT molecular complexity index is 857. The van der Waals surface area contributed by atoms with E-state index in [0.29, 0.717) is 16.8 Å². The van der Waals surface area contributed by atoms with Crippen LogP contribution < -0.4 is 10.2 Å². The Morgan fingerprint density at radius 3 is 2.76 bits per heavy atom.